The van der Waals surface area contributed by atoms with E-state index in [0.29, 0.717) is 6.42 Å². The van der Waals surface area contributed by atoms with Crippen molar-refractivity contribution < 1.29 is 29.1 Å². The first-order valence-corrected chi connectivity index (χ1v) is 5.48. The third kappa shape index (κ3) is 3.72. The van der Waals surface area contributed by atoms with E-state index in [-0.39, 0.29) is 18.9 Å². The van der Waals surface area contributed by atoms with Crippen LogP contribution >= 0.6 is 7.82 Å². The molecular weight excluding hydrogens is 199 g/mol. The standard InChI is InChI=1S/C6H13O6P/c7-5-1-4(6(8)2-5)3-12-13(9,10)11/h4-8H,1-3H2,(H2,9,10,11)/t4-,5+,6+/m1/s1. The number of rotatable bonds is 3. The zero-order valence-electron chi connectivity index (χ0n) is 6.91. The van der Waals surface area contributed by atoms with E-state index in [0.717, 1.165) is 0 Å². The summed E-state index contributed by atoms with van der Waals surface area (Å²) in [5.41, 5.74) is 0. The number of phosphoric ester groups is 1. The van der Waals surface area contributed by atoms with Crippen LogP contribution < -0.4 is 0 Å². The van der Waals surface area contributed by atoms with Crippen molar-refractivity contribution in [1.29, 1.82) is 0 Å². The molecule has 0 aromatic heterocycles. The number of aliphatic hydroxyl groups excluding tert-OH is 2. The summed E-state index contributed by atoms with van der Waals surface area (Å²) < 4.78 is 14.5. The first-order chi connectivity index (χ1) is 5.88. The summed E-state index contributed by atoms with van der Waals surface area (Å²) in [6, 6.07) is 0. The lowest BCUT2D eigenvalue weighted by Gasteiger charge is -2.13. The molecular formula is C6H13O6P. The van der Waals surface area contributed by atoms with E-state index in [4.69, 9.17) is 14.9 Å². The molecule has 1 aliphatic carbocycles. The van der Waals surface area contributed by atoms with Crippen LogP contribution in [0, 0.1) is 5.92 Å². The van der Waals surface area contributed by atoms with Crippen molar-refractivity contribution in [2.24, 2.45) is 5.92 Å². The smallest absolute Gasteiger partial charge is 0.393 e. The van der Waals surface area contributed by atoms with E-state index in [2.05, 4.69) is 4.52 Å². The van der Waals surface area contributed by atoms with Gasteiger partial charge in [0.25, 0.3) is 0 Å². The van der Waals surface area contributed by atoms with Crippen molar-refractivity contribution in [1.82, 2.24) is 0 Å². The Labute approximate surface area is 75.4 Å². The van der Waals surface area contributed by atoms with Gasteiger partial charge in [-0.3, -0.25) is 4.52 Å². The van der Waals surface area contributed by atoms with Crippen LogP contribution in [0.1, 0.15) is 12.8 Å². The fourth-order valence-electron chi connectivity index (χ4n) is 1.45. The number of aliphatic hydroxyl groups is 2. The zero-order valence-corrected chi connectivity index (χ0v) is 7.80. The molecule has 0 bridgehead atoms. The molecule has 4 N–H and O–H groups in total. The molecule has 1 fully saturated rings. The lowest BCUT2D eigenvalue weighted by Crippen LogP contribution is -2.18. The van der Waals surface area contributed by atoms with E-state index in [1.807, 2.05) is 0 Å². The maximum absolute atomic E-state index is 10.3. The van der Waals surface area contributed by atoms with Gasteiger partial charge in [0.1, 0.15) is 0 Å². The average Bonchev–Trinajstić information content (AvgIpc) is 2.24. The van der Waals surface area contributed by atoms with Crippen molar-refractivity contribution >= 4 is 7.82 Å². The van der Waals surface area contributed by atoms with Crippen LogP contribution in [0.15, 0.2) is 0 Å². The molecule has 7 heteroatoms. The minimum Gasteiger partial charge on any atom is -0.393 e. The van der Waals surface area contributed by atoms with Gasteiger partial charge in [-0.25, -0.2) is 4.57 Å². The van der Waals surface area contributed by atoms with Crippen molar-refractivity contribution in [2.75, 3.05) is 6.61 Å². The normalized spacial score (nSPS) is 35.2. The third-order valence-electron chi connectivity index (χ3n) is 2.09. The molecule has 1 rings (SSSR count). The maximum atomic E-state index is 10.3. The predicted octanol–water partition coefficient (Wildman–Crippen LogP) is -0.773. The summed E-state index contributed by atoms with van der Waals surface area (Å²) in [4.78, 5) is 16.7. The minimum absolute atomic E-state index is 0.220. The predicted molar refractivity (Wildman–Crippen MR) is 42.7 cm³/mol. The summed E-state index contributed by atoms with van der Waals surface area (Å²) in [5.74, 6) is -0.386. The molecule has 0 amide bonds. The topological polar surface area (TPSA) is 107 Å². The fourth-order valence-corrected chi connectivity index (χ4v) is 1.83. The van der Waals surface area contributed by atoms with Crippen LogP contribution in [0.3, 0.4) is 0 Å². The van der Waals surface area contributed by atoms with E-state index >= 15 is 0 Å². The summed E-state index contributed by atoms with van der Waals surface area (Å²) in [6.45, 7) is -0.220. The van der Waals surface area contributed by atoms with Crippen LogP contribution in [0.2, 0.25) is 0 Å². The highest BCUT2D eigenvalue weighted by Gasteiger charge is 2.33. The van der Waals surface area contributed by atoms with E-state index < -0.39 is 20.0 Å². The Morgan fingerprint density at radius 3 is 2.31 bits per heavy atom. The summed E-state index contributed by atoms with van der Waals surface area (Å²) in [7, 11) is -4.46. The SMILES string of the molecule is O=P(O)(O)OC[C@H]1C[C@H](O)C[C@@H]1O. The molecule has 0 aliphatic heterocycles. The Morgan fingerprint density at radius 1 is 1.31 bits per heavy atom. The van der Waals surface area contributed by atoms with Crippen molar-refractivity contribution in [3.8, 4) is 0 Å². The first kappa shape index (κ1) is 11.1. The quantitative estimate of drug-likeness (QED) is 0.457. The molecule has 0 unspecified atom stereocenters. The Hall–Kier alpha value is 0.0300. The molecule has 0 aromatic rings. The summed E-state index contributed by atoms with van der Waals surface area (Å²) in [6.07, 6.45) is -0.766. The second kappa shape index (κ2) is 4.04. The molecule has 0 saturated heterocycles. The highest BCUT2D eigenvalue weighted by Crippen LogP contribution is 2.38. The number of phosphoric acid groups is 1. The number of hydrogen-bond acceptors (Lipinski definition) is 4. The van der Waals surface area contributed by atoms with Gasteiger partial charge >= 0.3 is 7.82 Å². The lowest BCUT2D eigenvalue weighted by molar-refractivity contribution is 0.0836. The Bertz CT molecular complexity index is 213. The van der Waals surface area contributed by atoms with Gasteiger partial charge in [0.15, 0.2) is 0 Å². The van der Waals surface area contributed by atoms with Crippen LogP contribution in [0.4, 0.5) is 0 Å². The molecule has 6 nitrogen and oxygen atoms in total. The van der Waals surface area contributed by atoms with Crippen molar-refractivity contribution in [3.05, 3.63) is 0 Å². The fraction of sp³-hybridized carbons (Fsp3) is 1.00. The average molecular weight is 212 g/mol. The monoisotopic (exact) mass is 212 g/mol. The van der Waals surface area contributed by atoms with Crippen LogP contribution in [-0.2, 0) is 9.09 Å². The Morgan fingerprint density at radius 2 is 1.92 bits per heavy atom. The summed E-state index contributed by atoms with van der Waals surface area (Å²) in [5, 5.41) is 18.4. The van der Waals surface area contributed by atoms with Crippen molar-refractivity contribution in [3.63, 3.8) is 0 Å². The van der Waals surface area contributed by atoms with Gasteiger partial charge in [0.2, 0.25) is 0 Å². The molecule has 3 atom stereocenters. The highest BCUT2D eigenvalue weighted by molar-refractivity contribution is 7.46. The second-order valence-electron chi connectivity index (χ2n) is 3.24. The first-order valence-electron chi connectivity index (χ1n) is 3.94. The molecule has 1 saturated carbocycles. The van der Waals surface area contributed by atoms with E-state index in [9.17, 15) is 9.67 Å². The molecule has 0 spiro atoms. The molecule has 13 heavy (non-hydrogen) atoms. The largest absolute Gasteiger partial charge is 0.469 e. The molecule has 0 aromatic carbocycles. The van der Waals surface area contributed by atoms with E-state index in [1.165, 1.54) is 0 Å². The Kier molecular flexibility index (Phi) is 3.45. The van der Waals surface area contributed by atoms with Crippen LogP contribution in [0.25, 0.3) is 0 Å². The minimum atomic E-state index is -4.46. The van der Waals surface area contributed by atoms with Gasteiger partial charge in [0.05, 0.1) is 18.8 Å². The summed E-state index contributed by atoms with van der Waals surface area (Å²) >= 11 is 0. The highest BCUT2D eigenvalue weighted by atomic mass is 31.2. The van der Waals surface area contributed by atoms with Gasteiger partial charge < -0.3 is 20.0 Å². The van der Waals surface area contributed by atoms with Gasteiger partial charge in [-0.15, -0.1) is 0 Å². The Balaban J connectivity index is 2.34. The van der Waals surface area contributed by atoms with Gasteiger partial charge in [-0.1, -0.05) is 0 Å². The van der Waals surface area contributed by atoms with Crippen LogP contribution in [-0.4, -0.2) is 38.8 Å². The van der Waals surface area contributed by atoms with Gasteiger partial charge in [-0.05, 0) is 12.8 Å². The van der Waals surface area contributed by atoms with Gasteiger partial charge in [-0.2, -0.15) is 0 Å². The maximum Gasteiger partial charge on any atom is 0.469 e. The van der Waals surface area contributed by atoms with Gasteiger partial charge in [0, 0.05) is 5.92 Å². The van der Waals surface area contributed by atoms with Crippen LogP contribution in [0.5, 0.6) is 0 Å². The zero-order chi connectivity index (χ0) is 10.1. The molecule has 1 aliphatic rings. The number of hydrogen-bond donors (Lipinski definition) is 4. The molecule has 0 radical (unpaired) electrons. The lowest BCUT2D eigenvalue weighted by atomic mass is 10.1. The molecule has 0 heterocycles. The second-order valence-corrected chi connectivity index (χ2v) is 4.48. The third-order valence-corrected chi connectivity index (χ3v) is 2.57. The van der Waals surface area contributed by atoms with Crippen molar-refractivity contribution in [2.45, 2.75) is 25.0 Å². The van der Waals surface area contributed by atoms with E-state index in [1.54, 1.807) is 0 Å². The molecule has 78 valence electrons.